The van der Waals surface area contributed by atoms with Gasteiger partial charge in [0.25, 0.3) is 0 Å². The van der Waals surface area contributed by atoms with Gasteiger partial charge in [-0.05, 0) is 61.7 Å². The number of pyridine rings is 2. The number of rotatable bonds is 4. The van der Waals surface area contributed by atoms with Gasteiger partial charge in [-0.2, -0.15) is 0 Å². The van der Waals surface area contributed by atoms with Gasteiger partial charge in [0.15, 0.2) is 5.65 Å². The van der Waals surface area contributed by atoms with Crippen molar-refractivity contribution in [1.29, 1.82) is 0 Å². The summed E-state index contributed by atoms with van der Waals surface area (Å²) in [5, 5.41) is 0.723. The highest BCUT2D eigenvalue weighted by Gasteiger charge is 2.12. The Labute approximate surface area is 186 Å². The van der Waals surface area contributed by atoms with E-state index < -0.39 is 0 Å². The van der Waals surface area contributed by atoms with Crippen LogP contribution < -0.4 is 0 Å². The molecule has 1 fully saturated rings. The summed E-state index contributed by atoms with van der Waals surface area (Å²) in [6.07, 6.45) is 8.14. The number of nitrogens with zero attached hydrogens (tertiary/aromatic N) is 5. The Morgan fingerprint density at radius 2 is 1.65 bits per heavy atom. The van der Waals surface area contributed by atoms with E-state index in [1.54, 1.807) is 0 Å². The molecule has 1 aliphatic heterocycles. The van der Waals surface area contributed by atoms with Crippen molar-refractivity contribution in [2.75, 3.05) is 19.6 Å². The predicted molar refractivity (Wildman–Crippen MR) is 124 cm³/mol. The van der Waals surface area contributed by atoms with Crippen LogP contribution in [0.1, 0.15) is 24.1 Å². The van der Waals surface area contributed by atoms with Gasteiger partial charge in [-0.25, -0.2) is 15.0 Å². The van der Waals surface area contributed by atoms with Gasteiger partial charge < -0.3 is 9.47 Å². The lowest BCUT2D eigenvalue weighted by atomic mass is 10.1. The zero-order valence-electron chi connectivity index (χ0n) is 17.1. The lowest BCUT2D eigenvalue weighted by Gasteiger charge is -2.14. The summed E-state index contributed by atoms with van der Waals surface area (Å²) in [5.41, 5.74) is 5.44. The Kier molecular flexibility index (Phi) is 5.66. The molecule has 3 aromatic heterocycles. The largest absolute Gasteiger partial charge is 0.314 e. The third-order valence-corrected chi connectivity index (χ3v) is 5.84. The van der Waals surface area contributed by atoms with Gasteiger partial charge in [-0.1, -0.05) is 35.7 Å². The van der Waals surface area contributed by atoms with Crippen LogP contribution in [0.3, 0.4) is 0 Å². The molecule has 0 atom stereocenters. The first kappa shape index (κ1) is 19.7. The molecule has 6 heteroatoms. The highest BCUT2D eigenvalue weighted by Crippen LogP contribution is 2.20. The minimum Gasteiger partial charge on any atom is -0.314 e. The molecule has 0 unspecified atom stereocenters. The van der Waals surface area contributed by atoms with Gasteiger partial charge in [-0.3, -0.25) is 0 Å². The number of hydrogen-bond acceptors (Lipinski definition) is 4. The summed E-state index contributed by atoms with van der Waals surface area (Å²) < 4.78 is 2.13. The standard InChI is InChI=1S/C25H22ClN5/c26-22-7-4-20(5-8-22)21-6-10-23(27-17-21)9-3-19-15-24-25(28-16-19)31(18-29-24)14-13-30-11-1-2-12-30/h4-8,10,15-18H,1-2,11-14H2. The molecule has 1 aromatic carbocycles. The Bertz CT molecular complexity index is 1240. The molecule has 5 rings (SSSR count). The Morgan fingerprint density at radius 1 is 0.839 bits per heavy atom. The molecule has 5 nitrogen and oxygen atoms in total. The zero-order valence-corrected chi connectivity index (χ0v) is 17.9. The number of likely N-dealkylation sites (tertiary alicyclic amines) is 1. The molecule has 0 bridgehead atoms. The summed E-state index contributed by atoms with van der Waals surface area (Å²) in [6.45, 7) is 4.37. The quantitative estimate of drug-likeness (QED) is 0.445. The zero-order chi connectivity index (χ0) is 21.0. The second kappa shape index (κ2) is 8.89. The van der Waals surface area contributed by atoms with E-state index in [-0.39, 0.29) is 0 Å². The second-order valence-corrected chi connectivity index (χ2v) is 8.18. The Hall–Kier alpha value is -3.20. The molecule has 31 heavy (non-hydrogen) atoms. The first-order chi connectivity index (χ1) is 15.2. The molecular weight excluding hydrogens is 406 g/mol. The summed E-state index contributed by atoms with van der Waals surface area (Å²) in [6, 6.07) is 13.7. The molecule has 0 spiro atoms. The van der Waals surface area contributed by atoms with Crippen molar-refractivity contribution in [3.8, 4) is 23.0 Å². The van der Waals surface area contributed by atoms with E-state index in [1.807, 2.05) is 61.2 Å². The number of aromatic nitrogens is 4. The number of fused-ring (bicyclic) bond motifs is 1. The summed E-state index contributed by atoms with van der Waals surface area (Å²) in [7, 11) is 0. The molecule has 0 amide bonds. The van der Waals surface area contributed by atoms with Crippen molar-refractivity contribution in [2.45, 2.75) is 19.4 Å². The van der Waals surface area contributed by atoms with Gasteiger partial charge in [0.2, 0.25) is 0 Å². The first-order valence-corrected chi connectivity index (χ1v) is 10.9. The normalized spacial score (nSPS) is 14.0. The van der Waals surface area contributed by atoms with E-state index in [2.05, 4.69) is 36.3 Å². The fourth-order valence-corrected chi connectivity index (χ4v) is 3.98. The molecule has 0 aliphatic carbocycles. The molecule has 1 aliphatic rings. The Balaban J connectivity index is 1.29. The number of benzene rings is 1. The summed E-state index contributed by atoms with van der Waals surface area (Å²) >= 11 is 5.96. The maximum Gasteiger partial charge on any atom is 0.159 e. The number of hydrogen-bond donors (Lipinski definition) is 0. The van der Waals surface area contributed by atoms with Gasteiger partial charge in [0.05, 0.1) is 6.33 Å². The first-order valence-electron chi connectivity index (χ1n) is 10.5. The minimum atomic E-state index is 0.717. The van der Waals surface area contributed by atoms with Crippen LogP contribution in [0.4, 0.5) is 0 Å². The topological polar surface area (TPSA) is 46.8 Å². The third kappa shape index (κ3) is 4.61. The molecule has 0 radical (unpaired) electrons. The fraction of sp³-hybridized carbons (Fsp3) is 0.240. The van der Waals surface area contributed by atoms with Crippen molar-refractivity contribution < 1.29 is 0 Å². The predicted octanol–water partition coefficient (Wildman–Crippen LogP) is 4.64. The van der Waals surface area contributed by atoms with Crippen molar-refractivity contribution in [2.24, 2.45) is 0 Å². The molecule has 0 N–H and O–H groups in total. The second-order valence-electron chi connectivity index (χ2n) is 7.74. The fourth-order valence-electron chi connectivity index (χ4n) is 3.85. The monoisotopic (exact) mass is 427 g/mol. The lowest BCUT2D eigenvalue weighted by Crippen LogP contribution is -2.23. The molecular formula is C25H22ClN5. The van der Waals surface area contributed by atoms with Gasteiger partial charge >= 0.3 is 0 Å². The van der Waals surface area contributed by atoms with Crippen LogP contribution in [-0.2, 0) is 6.54 Å². The van der Waals surface area contributed by atoms with E-state index in [1.165, 1.54) is 25.9 Å². The summed E-state index contributed by atoms with van der Waals surface area (Å²) in [5.74, 6) is 6.27. The highest BCUT2D eigenvalue weighted by molar-refractivity contribution is 6.30. The van der Waals surface area contributed by atoms with Crippen molar-refractivity contribution in [3.63, 3.8) is 0 Å². The number of imidazole rings is 1. The average molecular weight is 428 g/mol. The van der Waals surface area contributed by atoms with E-state index in [9.17, 15) is 0 Å². The number of halogens is 1. The van der Waals surface area contributed by atoms with E-state index >= 15 is 0 Å². The van der Waals surface area contributed by atoms with Crippen LogP contribution in [0.2, 0.25) is 5.02 Å². The van der Waals surface area contributed by atoms with Crippen LogP contribution >= 0.6 is 11.6 Å². The molecule has 1 saturated heterocycles. The van der Waals surface area contributed by atoms with E-state index in [4.69, 9.17) is 11.6 Å². The van der Waals surface area contributed by atoms with Crippen molar-refractivity contribution >= 4 is 22.8 Å². The molecule has 4 heterocycles. The average Bonchev–Trinajstić information content (AvgIpc) is 3.47. The van der Waals surface area contributed by atoms with Crippen LogP contribution in [0, 0.1) is 11.8 Å². The van der Waals surface area contributed by atoms with Crippen LogP contribution in [0.25, 0.3) is 22.3 Å². The maximum absolute atomic E-state index is 5.96. The van der Waals surface area contributed by atoms with Gasteiger partial charge in [0, 0.05) is 41.6 Å². The van der Waals surface area contributed by atoms with Crippen LogP contribution in [0.5, 0.6) is 0 Å². The van der Waals surface area contributed by atoms with Crippen molar-refractivity contribution in [3.05, 3.63) is 77.5 Å². The van der Waals surface area contributed by atoms with Gasteiger partial charge in [-0.15, -0.1) is 0 Å². The molecule has 4 aromatic rings. The maximum atomic E-state index is 5.96. The van der Waals surface area contributed by atoms with Crippen LogP contribution in [0.15, 0.2) is 61.2 Å². The molecule has 0 saturated carbocycles. The lowest BCUT2D eigenvalue weighted by molar-refractivity contribution is 0.324. The van der Waals surface area contributed by atoms with Gasteiger partial charge in [0.1, 0.15) is 11.2 Å². The van der Waals surface area contributed by atoms with Crippen molar-refractivity contribution in [1.82, 2.24) is 24.4 Å². The third-order valence-electron chi connectivity index (χ3n) is 5.59. The minimum absolute atomic E-state index is 0.717. The smallest absolute Gasteiger partial charge is 0.159 e. The van der Waals surface area contributed by atoms with Crippen LogP contribution in [-0.4, -0.2) is 44.1 Å². The molecule has 154 valence electrons. The summed E-state index contributed by atoms with van der Waals surface area (Å²) in [4.78, 5) is 16.1. The Morgan fingerprint density at radius 3 is 2.42 bits per heavy atom. The van der Waals surface area contributed by atoms with E-state index in [0.29, 0.717) is 5.69 Å². The van der Waals surface area contributed by atoms with E-state index in [0.717, 1.165) is 46.0 Å². The highest BCUT2D eigenvalue weighted by atomic mass is 35.5. The SMILES string of the molecule is Clc1ccc(-c2ccc(C#Cc3cnc4c(c3)ncn4CCN3CCCC3)nc2)cc1.